The van der Waals surface area contributed by atoms with Crippen LogP contribution in [0.4, 0.5) is 0 Å². The molecule has 0 radical (unpaired) electrons. The van der Waals surface area contributed by atoms with Crippen LogP contribution in [0.25, 0.3) is 0 Å². The minimum Gasteiger partial charge on any atom is -0.335 e. The van der Waals surface area contributed by atoms with Crippen molar-refractivity contribution in [1.82, 2.24) is 11.0 Å². The molecule has 31 heavy (non-hydrogen) atoms. The highest BCUT2D eigenvalue weighted by atomic mass is 16.7. The summed E-state index contributed by atoms with van der Waals surface area (Å²) < 4.78 is 0. The first kappa shape index (κ1) is 20.3. The molecule has 1 fully saturated rings. The monoisotopic (exact) mass is 420 g/mol. The van der Waals surface area contributed by atoms with Crippen LogP contribution in [-0.4, -0.2) is 23.8 Å². The van der Waals surface area contributed by atoms with Gasteiger partial charge in [-0.15, -0.1) is 0 Å². The van der Waals surface area contributed by atoms with Gasteiger partial charge < -0.3 is 9.68 Å². The lowest BCUT2D eigenvalue weighted by molar-refractivity contribution is -0.145. The van der Waals surface area contributed by atoms with Crippen molar-refractivity contribution in [3.05, 3.63) is 83.9 Å². The Labute approximate surface area is 178 Å². The summed E-state index contributed by atoms with van der Waals surface area (Å²) in [7, 11) is 0. The molecule has 1 saturated carbocycles. The summed E-state index contributed by atoms with van der Waals surface area (Å²) in [6.45, 7) is 0. The second-order valence-electron chi connectivity index (χ2n) is 7.44. The van der Waals surface area contributed by atoms with Gasteiger partial charge in [-0.05, 0) is 42.5 Å². The Balaban J connectivity index is 1.37. The van der Waals surface area contributed by atoms with Crippen molar-refractivity contribution in [2.45, 2.75) is 6.42 Å². The molecule has 2 aliphatic rings. The van der Waals surface area contributed by atoms with E-state index < -0.39 is 35.6 Å². The van der Waals surface area contributed by atoms with Crippen molar-refractivity contribution >= 4 is 23.8 Å². The van der Waals surface area contributed by atoms with Gasteiger partial charge in [0.15, 0.2) is 0 Å². The lowest BCUT2D eigenvalue weighted by Crippen LogP contribution is -2.45. The summed E-state index contributed by atoms with van der Waals surface area (Å²) in [5.41, 5.74) is 4.93. The molecule has 0 saturated heterocycles. The maximum absolute atomic E-state index is 12.7. The number of hydrogen-bond donors (Lipinski definition) is 2. The second-order valence-corrected chi connectivity index (χ2v) is 7.44. The maximum atomic E-state index is 12.7. The third kappa shape index (κ3) is 4.32. The summed E-state index contributed by atoms with van der Waals surface area (Å²) >= 11 is 0. The molecule has 4 rings (SSSR count). The molecule has 0 heterocycles. The molecule has 8 nitrogen and oxygen atoms in total. The topological polar surface area (TPSA) is 111 Å². The molecule has 4 atom stereocenters. The quantitative estimate of drug-likeness (QED) is 0.580. The van der Waals surface area contributed by atoms with Gasteiger partial charge >= 0.3 is 11.9 Å². The number of fused-ring (bicyclic) bond motifs is 2. The molecule has 0 aliphatic heterocycles. The molecule has 0 aromatic heterocycles. The number of hydrogen-bond acceptors (Lipinski definition) is 6. The van der Waals surface area contributed by atoms with Crippen LogP contribution in [0.3, 0.4) is 0 Å². The number of rotatable bonds is 4. The summed E-state index contributed by atoms with van der Waals surface area (Å²) in [4.78, 5) is 59.4. The van der Waals surface area contributed by atoms with Crippen LogP contribution < -0.4 is 11.0 Å². The maximum Gasteiger partial charge on any atom is 0.362 e. The largest absolute Gasteiger partial charge is 0.362 e. The smallest absolute Gasteiger partial charge is 0.335 e. The van der Waals surface area contributed by atoms with Crippen LogP contribution in [0.1, 0.15) is 27.1 Å². The fraction of sp³-hybridized carbons (Fsp3) is 0.217. The van der Waals surface area contributed by atoms with Gasteiger partial charge in [0.05, 0.1) is 23.0 Å². The molecule has 2 aromatic rings. The van der Waals surface area contributed by atoms with E-state index in [9.17, 15) is 19.2 Å². The van der Waals surface area contributed by atoms with Crippen LogP contribution in [0.2, 0.25) is 0 Å². The van der Waals surface area contributed by atoms with Crippen LogP contribution in [0.5, 0.6) is 0 Å². The minimum atomic E-state index is -0.742. The zero-order valence-electron chi connectivity index (χ0n) is 16.4. The van der Waals surface area contributed by atoms with Crippen LogP contribution in [0, 0.1) is 23.7 Å². The van der Waals surface area contributed by atoms with E-state index in [2.05, 4.69) is 11.0 Å². The average molecular weight is 420 g/mol. The van der Waals surface area contributed by atoms with E-state index in [0.717, 1.165) is 0 Å². The molecular formula is C23H20N2O6. The zero-order valence-corrected chi connectivity index (χ0v) is 16.4. The standard InChI is InChI=1S/C23H20N2O6/c26-20(24-30-22(28)14-7-3-1-4-8-14)18-16-11-12-17(13-16)19(18)21(27)25-31-23(29)15-9-5-2-6-10-15/h1-12,16-19H,13H2,(H,24,26)(H,25,27)/t16-,17-,18-,19+/m0/s1. The first-order valence-corrected chi connectivity index (χ1v) is 9.85. The predicted molar refractivity (Wildman–Crippen MR) is 108 cm³/mol. The molecule has 0 unspecified atom stereocenters. The van der Waals surface area contributed by atoms with Gasteiger partial charge in [-0.25, -0.2) is 9.59 Å². The highest BCUT2D eigenvalue weighted by Crippen LogP contribution is 2.48. The van der Waals surface area contributed by atoms with E-state index in [1.54, 1.807) is 60.7 Å². The van der Waals surface area contributed by atoms with Gasteiger partial charge in [-0.2, -0.15) is 11.0 Å². The van der Waals surface area contributed by atoms with Crippen LogP contribution in [0.15, 0.2) is 72.8 Å². The first-order valence-electron chi connectivity index (χ1n) is 9.85. The van der Waals surface area contributed by atoms with Crippen molar-refractivity contribution in [2.24, 2.45) is 23.7 Å². The first-order chi connectivity index (χ1) is 15.0. The van der Waals surface area contributed by atoms with Crippen molar-refractivity contribution in [2.75, 3.05) is 0 Å². The Morgan fingerprint density at radius 3 is 1.42 bits per heavy atom. The molecule has 2 amide bonds. The molecular weight excluding hydrogens is 400 g/mol. The average Bonchev–Trinajstić information content (AvgIpc) is 3.43. The number of nitrogens with one attached hydrogen (secondary N) is 2. The van der Waals surface area contributed by atoms with E-state index in [-0.39, 0.29) is 23.0 Å². The van der Waals surface area contributed by atoms with Crippen LogP contribution >= 0.6 is 0 Å². The normalized spacial score (nSPS) is 23.1. The Morgan fingerprint density at radius 1 is 0.645 bits per heavy atom. The Bertz CT molecular complexity index is 939. The Morgan fingerprint density at radius 2 is 1.03 bits per heavy atom. The number of hydroxylamine groups is 2. The molecule has 8 heteroatoms. The van der Waals surface area contributed by atoms with Gasteiger partial charge in [0.2, 0.25) is 0 Å². The molecule has 2 aliphatic carbocycles. The van der Waals surface area contributed by atoms with Gasteiger partial charge in [0, 0.05) is 0 Å². The SMILES string of the molecule is O=C(ONC(=O)[C@@H]1[C@H](C(=O)NOC(=O)c2ccccc2)[C@H]2C=C[C@H]1C2)c1ccccc1. The predicted octanol–water partition coefficient (Wildman–Crippen LogP) is 2.20. The number of carbonyl (C=O) groups is 4. The fourth-order valence-corrected chi connectivity index (χ4v) is 4.13. The molecule has 2 N–H and O–H groups in total. The minimum absolute atomic E-state index is 0.166. The van der Waals surface area contributed by atoms with Gasteiger partial charge in [0.1, 0.15) is 0 Å². The Hall–Kier alpha value is -3.94. The highest BCUT2D eigenvalue weighted by Gasteiger charge is 2.52. The zero-order chi connectivity index (χ0) is 21.8. The third-order valence-corrected chi connectivity index (χ3v) is 5.57. The lowest BCUT2D eigenvalue weighted by atomic mass is 9.82. The number of allylic oxidation sites excluding steroid dienone is 2. The molecule has 0 spiro atoms. The summed E-state index contributed by atoms with van der Waals surface area (Å²) in [5, 5.41) is 0. The third-order valence-electron chi connectivity index (χ3n) is 5.57. The van der Waals surface area contributed by atoms with Gasteiger partial charge in [-0.1, -0.05) is 48.6 Å². The summed E-state index contributed by atoms with van der Waals surface area (Å²) in [6.07, 6.45) is 4.39. The van der Waals surface area contributed by atoms with Crippen molar-refractivity contribution in [3.63, 3.8) is 0 Å². The Kier molecular flexibility index (Phi) is 5.79. The second kappa shape index (κ2) is 8.83. The van der Waals surface area contributed by atoms with Crippen LogP contribution in [-0.2, 0) is 19.3 Å². The van der Waals surface area contributed by atoms with Crippen molar-refractivity contribution in [1.29, 1.82) is 0 Å². The molecule has 2 aromatic carbocycles. The van der Waals surface area contributed by atoms with E-state index in [1.807, 2.05) is 12.2 Å². The fourth-order valence-electron chi connectivity index (χ4n) is 4.13. The summed E-state index contributed by atoms with van der Waals surface area (Å²) in [6, 6.07) is 16.5. The van der Waals surface area contributed by atoms with Crippen molar-refractivity contribution < 1.29 is 28.9 Å². The highest BCUT2D eigenvalue weighted by molar-refractivity contribution is 5.93. The lowest BCUT2D eigenvalue weighted by Gasteiger charge is -2.25. The molecule has 2 bridgehead atoms. The van der Waals surface area contributed by atoms with Gasteiger partial charge in [0.25, 0.3) is 11.8 Å². The number of amides is 2. The van der Waals surface area contributed by atoms with Gasteiger partial charge in [-0.3, -0.25) is 9.59 Å². The van der Waals surface area contributed by atoms with E-state index in [0.29, 0.717) is 6.42 Å². The molecule has 158 valence electrons. The summed E-state index contributed by atoms with van der Waals surface area (Å²) in [5.74, 6) is -4.37. The van der Waals surface area contributed by atoms with E-state index in [4.69, 9.17) is 9.68 Å². The van der Waals surface area contributed by atoms with E-state index in [1.165, 1.54) is 0 Å². The van der Waals surface area contributed by atoms with E-state index >= 15 is 0 Å². The van der Waals surface area contributed by atoms with Crippen molar-refractivity contribution in [3.8, 4) is 0 Å². The number of carbonyl (C=O) groups excluding carboxylic acids is 4. The number of benzene rings is 2.